The van der Waals surface area contributed by atoms with Crippen molar-refractivity contribution in [3.8, 4) is 0 Å². The van der Waals surface area contributed by atoms with E-state index in [0.717, 1.165) is 0 Å². The number of primary amides is 2. The van der Waals surface area contributed by atoms with Crippen LogP contribution < -0.4 is 54.4 Å². The zero-order chi connectivity index (χ0) is 41.7. The molecule has 0 spiro atoms. The molecule has 0 aromatic rings. The monoisotopic (exact) mass is 774 g/mol. The highest BCUT2D eigenvalue weighted by atomic mass is 16.4. The van der Waals surface area contributed by atoms with Gasteiger partial charge < -0.3 is 69.7 Å². The van der Waals surface area contributed by atoms with E-state index in [-0.39, 0.29) is 25.2 Å². The van der Waals surface area contributed by atoms with Gasteiger partial charge in [0, 0.05) is 12.8 Å². The number of hydrogen-bond donors (Lipinski definition) is 13. The number of carbonyl (C=O) groups excluding carboxylic acids is 9. The fraction of sp³-hybridized carbons (Fsp3) is 0.633. The Kier molecular flexibility index (Phi) is 21.7. The van der Waals surface area contributed by atoms with Crippen LogP contribution in [0.3, 0.4) is 0 Å². The molecule has 16 N–H and O–H groups in total. The molecule has 24 heteroatoms. The molecule has 0 bridgehead atoms. The lowest BCUT2D eigenvalue weighted by Crippen LogP contribution is -2.57. The Hall–Kier alpha value is -5.91. The van der Waals surface area contributed by atoms with Crippen molar-refractivity contribution >= 4 is 65.1 Å². The lowest BCUT2D eigenvalue weighted by molar-refractivity contribution is -0.142. The van der Waals surface area contributed by atoms with E-state index in [1.54, 1.807) is 13.8 Å². The largest absolute Gasteiger partial charge is 0.481 e. The van der Waals surface area contributed by atoms with Crippen LogP contribution in [0.1, 0.15) is 59.3 Å². The highest BCUT2D eigenvalue weighted by molar-refractivity contribution is 5.97. The number of carboxylic acid groups (broad SMARTS) is 2. The van der Waals surface area contributed by atoms with Gasteiger partial charge >= 0.3 is 11.9 Å². The van der Waals surface area contributed by atoms with Crippen LogP contribution in [-0.4, -0.2) is 136 Å². The first-order valence-corrected chi connectivity index (χ1v) is 16.5. The van der Waals surface area contributed by atoms with Gasteiger partial charge in [-0.05, 0) is 32.1 Å². The molecule has 0 fully saturated rings. The minimum atomic E-state index is -1.84. The second-order valence-corrected chi connectivity index (χ2v) is 12.4. The number of rotatable bonds is 26. The van der Waals surface area contributed by atoms with E-state index in [1.165, 1.54) is 6.92 Å². The van der Waals surface area contributed by atoms with Gasteiger partial charge in [0.2, 0.25) is 53.2 Å². The van der Waals surface area contributed by atoms with Crippen LogP contribution in [-0.2, 0) is 52.7 Å². The zero-order valence-electron chi connectivity index (χ0n) is 30.0. The lowest BCUT2D eigenvalue weighted by atomic mass is 10.0. The van der Waals surface area contributed by atoms with Gasteiger partial charge in [-0.2, -0.15) is 0 Å². The first-order valence-electron chi connectivity index (χ1n) is 16.5. The molecular weight excluding hydrogens is 724 g/mol. The zero-order valence-corrected chi connectivity index (χ0v) is 30.0. The Morgan fingerprint density at radius 2 is 1.06 bits per heavy atom. The summed E-state index contributed by atoms with van der Waals surface area (Å²) in [7, 11) is 0. The quantitative estimate of drug-likeness (QED) is 0.0388. The van der Waals surface area contributed by atoms with Crippen LogP contribution >= 0.6 is 0 Å². The van der Waals surface area contributed by atoms with E-state index < -0.39 is 140 Å². The van der Waals surface area contributed by atoms with Crippen molar-refractivity contribution in [2.24, 2.45) is 23.1 Å². The highest BCUT2D eigenvalue weighted by Crippen LogP contribution is 2.05. The Morgan fingerprint density at radius 1 is 0.574 bits per heavy atom. The van der Waals surface area contributed by atoms with Crippen molar-refractivity contribution in [1.82, 2.24) is 37.2 Å². The number of nitrogens with two attached hydrogens (primary N) is 3. The summed E-state index contributed by atoms with van der Waals surface area (Å²) in [5.74, 6) is -11.7. The molecule has 0 saturated carbocycles. The summed E-state index contributed by atoms with van der Waals surface area (Å²) >= 11 is 0. The van der Waals surface area contributed by atoms with Crippen LogP contribution in [0.25, 0.3) is 0 Å². The lowest BCUT2D eigenvalue weighted by Gasteiger charge is -2.23. The standard InChI is InChI=1S/C30H50N10O14/c1-13(2)8-18(30(53)54)38-23(45)11-35-27(50)16(5-7-21(33)43)39-28(51)17(9-24(46)47)37-22(44)10-34-25(48)14(3)36-29(52)19(12-41)40-26(49)15(31)4-6-20(32)42/h13-19,41H,4-12,31H2,1-3H3,(H2,32,42)(H2,33,43)(H,34,48)(H,35,50)(H,36,52)(H,37,44)(H,38,45)(H,39,51)(H,40,49)(H,46,47)(H,53,54)/t14-,15-,16-,17-,18-,19-/m0/s1. The fourth-order valence-electron chi connectivity index (χ4n) is 4.29. The number of aliphatic hydroxyl groups excluding tert-OH is 1. The molecule has 24 nitrogen and oxygen atoms in total. The van der Waals surface area contributed by atoms with Gasteiger partial charge in [0.1, 0.15) is 30.2 Å². The average Bonchev–Trinajstić information content (AvgIpc) is 3.07. The van der Waals surface area contributed by atoms with E-state index >= 15 is 0 Å². The molecule has 0 radical (unpaired) electrons. The number of aliphatic carboxylic acids is 2. The molecule has 0 heterocycles. The molecule has 6 atom stereocenters. The van der Waals surface area contributed by atoms with Crippen molar-refractivity contribution < 1.29 is 68.1 Å². The molecule has 0 aliphatic heterocycles. The number of carbonyl (C=O) groups is 11. The first-order chi connectivity index (χ1) is 25.1. The number of carboxylic acids is 2. The van der Waals surface area contributed by atoms with Gasteiger partial charge in [0.25, 0.3) is 0 Å². The SMILES string of the molecule is CC(C)C[C@H](NC(=O)CNC(=O)[C@H](CCC(N)=O)NC(=O)[C@H](CC(=O)O)NC(=O)CNC(=O)[C@H](C)NC(=O)[C@H](CO)NC(=O)[C@@H](N)CCC(N)=O)C(=O)O. The van der Waals surface area contributed by atoms with Crippen LogP contribution in [0.5, 0.6) is 0 Å². The predicted octanol–water partition coefficient (Wildman–Crippen LogP) is -6.88. The number of nitrogens with one attached hydrogen (secondary N) is 7. The maximum atomic E-state index is 13.0. The molecule has 0 saturated heterocycles. The van der Waals surface area contributed by atoms with Crippen molar-refractivity contribution in [3.63, 3.8) is 0 Å². The Bertz CT molecular complexity index is 1410. The molecule has 304 valence electrons. The summed E-state index contributed by atoms with van der Waals surface area (Å²) < 4.78 is 0. The van der Waals surface area contributed by atoms with E-state index in [2.05, 4.69) is 37.2 Å². The molecule has 9 amide bonds. The maximum absolute atomic E-state index is 13.0. The van der Waals surface area contributed by atoms with Crippen molar-refractivity contribution in [1.29, 1.82) is 0 Å². The van der Waals surface area contributed by atoms with E-state index in [4.69, 9.17) is 17.2 Å². The topological polar surface area (TPSA) is 411 Å². The van der Waals surface area contributed by atoms with Crippen LogP contribution in [0.2, 0.25) is 0 Å². The summed E-state index contributed by atoms with van der Waals surface area (Å²) in [6, 6.07) is -8.84. The molecule has 0 aromatic heterocycles. The maximum Gasteiger partial charge on any atom is 0.326 e. The van der Waals surface area contributed by atoms with Crippen LogP contribution in [0, 0.1) is 5.92 Å². The van der Waals surface area contributed by atoms with Crippen molar-refractivity contribution in [3.05, 3.63) is 0 Å². The number of amides is 9. The van der Waals surface area contributed by atoms with Gasteiger partial charge in [0.15, 0.2) is 0 Å². The van der Waals surface area contributed by atoms with Gasteiger partial charge in [-0.15, -0.1) is 0 Å². The first kappa shape index (κ1) is 48.1. The fourth-order valence-corrected chi connectivity index (χ4v) is 4.29. The van der Waals surface area contributed by atoms with Gasteiger partial charge in [0.05, 0.1) is 32.2 Å². The Labute approximate surface area is 308 Å². The summed E-state index contributed by atoms with van der Waals surface area (Å²) in [5.41, 5.74) is 15.8. The van der Waals surface area contributed by atoms with E-state index in [1.807, 2.05) is 0 Å². The van der Waals surface area contributed by atoms with Gasteiger partial charge in [-0.3, -0.25) is 47.9 Å². The van der Waals surface area contributed by atoms with Crippen LogP contribution in [0.4, 0.5) is 0 Å². The molecule has 0 aromatic carbocycles. The highest BCUT2D eigenvalue weighted by Gasteiger charge is 2.30. The molecule has 0 unspecified atom stereocenters. The van der Waals surface area contributed by atoms with Crippen LogP contribution in [0.15, 0.2) is 0 Å². The molecular formula is C30H50N10O14. The minimum absolute atomic E-state index is 0.0901. The molecule has 54 heavy (non-hydrogen) atoms. The summed E-state index contributed by atoms with van der Waals surface area (Å²) in [4.78, 5) is 133. The molecule has 0 aliphatic carbocycles. The van der Waals surface area contributed by atoms with Crippen molar-refractivity contribution in [2.75, 3.05) is 19.7 Å². The Balaban J connectivity index is 5.41. The summed E-state index contributed by atoms with van der Waals surface area (Å²) in [5, 5.41) is 43.3. The second-order valence-electron chi connectivity index (χ2n) is 12.4. The van der Waals surface area contributed by atoms with E-state index in [0.29, 0.717) is 0 Å². The van der Waals surface area contributed by atoms with Crippen molar-refractivity contribution in [2.45, 2.75) is 95.5 Å². The third-order valence-electron chi connectivity index (χ3n) is 7.14. The third-order valence-corrected chi connectivity index (χ3v) is 7.14. The molecule has 0 rings (SSSR count). The number of aliphatic hydroxyl groups is 1. The van der Waals surface area contributed by atoms with E-state index in [9.17, 15) is 68.1 Å². The average molecular weight is 775 g/mol. The number of hydrogen-bond acceptors (Lipinski definition) is 13. The van der Waals surface area contributed by atoms with Gasteiger partial charge in [-0.25, -0.2) is 4.79 Å². The third kappa shape index (κ3) is 20.2. The predicted molar refractivity (Wildman–Crippen MR) is 183 cm³/mol. The Morgan fingerprint density at radius 3 is 1.54 bits per heavy atom. The normalized spacial score (nSPS) is 14.0. The smallest absolute Gasteiger partial charge is 0.326 e. The molecule has 0 aliphatic rings. The summed E-state index contributed by atoms with van der Waals surface area (Å²) in [6.45, 7) is 2.14. The minimum Gasteiger partial charge on any atom is -0.481 e. The second kappa shape index (κ2) is 24.4. The van der Waals surface area contributed by atoms with Gasteiger partial charge in [-0.1, -0.05) is 13.8 Å². The summed E-state index contributed by atoms with van der Waals surface area (Å²) in [6.07, 6.45) is -2.16.